The molecule has 0 saturated heterocycles. The van der Waals surface area contributed by atoms with Crippen LogP contribution in [0.5, 0.6) is 23.0 Å². The van der Waals surface area contributed by atoms with Crippen LogP contribution in [0.25, 0.3) is 22.6 Å². The average molecular weight is 509 g/mol. The zero-order chi connectivity index (χ0) is 26.6. The molecule has 5 rings (SSSR count). The summed E-state index contributed by atoms with van der Waals surface area (Å²) in [6.45, 7) is 0. The molecule has 0 aliphatic carbocycles. The third-order valence-corrected chi connectivity index (χ3v) is 5.67. The smallest absolute Gasteiger partial charge is 0.253 e. The fourth-order valence-corrected chi connectivity index (χ4v) is 3.82. The van der Waals surface area contributed by atoms with E-state index >= 15 is 0 Å². The highest BCUT2D eigenvalue weighted by molar-refractivity contribution is 6.00. The number of para-hydroxylation sites is 1. The Balaban J connectivity index is 1.56. The van der Waals surface area contributed by atoms with Crippen LogP contribution in [0, 0.1) is 0 Å². The van der Waals surface area contributed by atoms with Crippen molar-refractivity contribution in [2.75, 3.05) is 14.1 Å². The van der Waals surface area contributed by atoms with Gasteiger partial charge in [0, 0.05) is 38.0 Å². The second kappa shape index (κ2) is 10.3. The van der Waals surface area contributed by atoms with Crippen LogP contribution in [0.3, 0.4) is 0 Å². The number of carbonyl (C=O) groups excluding carboxylic acids is 1. The molecule has 0 spiro atoms. The van der Waals surface area contributed by atoms with Gasteiger partial charge < -0.3 is 30.3 Å². The Hall–Kier alpha value is -5.38. The van der Waals surface area contributed by atoms with E-state index in [9.17, 15) is 10.0 Å². The van der Waals surface area contributed by atoms with E-state index in [1.165, 1.54) is 4.90 Å². The number of carbonyl (C=O) groups is 1. The number of oxime groups is 1. The first-order chi connectivity index (χ1) is 18.4. The number of nitrogens with one attached hydrogen (secondary N) is 1. The number of imidazole rings is 1. The molecular formula is C28H24N6O4. The van der Waals surface area contributed by atoms with Gasteiger partial charge in [0.15, 0.2) is 17.4 Å². The van der Waals surface area contributed by atoms with E-state index in [1.54, 1.807) is 81.0 Å². The van der Waals surface area contributed by atoms with E-state index in [0.717, 1.165) is 0 Å². The highest BCUT2D eigenvalue weighted by Crippen LogP contribution is 2.37. The third kappa shape index (κ3) is 4.96. The van der Waals surface area contributed by atoms with Gasteiger partial charge in [-0.2, -0.15) is 0 Å². The van der Waals surface area contributed by atoms with Gasteiger partial charge in [-0.3, -0.25) is 9.78 Å². The molecule has 0 aliphatic rings. The minimum atomic E-state index is -0.0995. The van der Waals surface area contributed by atoms with Crippen LogP contribution in [0.1, 0.15) is 15.9 Å². The first kappa shape index (κ1) is 24.3. The van der Waals surface area contributed by atoms with Gasteiger partial charge in [0.1, 0.15) is 28.5 Å². The number of ether oxygens (including phenoxy) is 2. The molecule has 0 radical (unpaired) electrons. The van der Waals surface area contributed by atoms with Crippen molar-refractivity contribution in [3.8, 4) is 34.5 Å². The van der Waals surface area contributed by atoms with Crippen LogP contribution in [0.2, 0.25) is 0 Å². The molecule has 10 nitrogen and oxygen atoms in total. The minimum absolute atomic E-state index is 0.0900. The van der Waals surface area contributed by atoms with E-state index in [4.69, 9.17) is 20.2 Å². The molecule has 3 aromatic carbocycles. The topological polar surface area (TPSA) is 139 Å². The van der Waals surface area contributed by atoms with Crippen LogP contribution < -0.4 is 15.2 Å². The summed E-state index contributed by atoms with van der Waals surface area (Å²) in [7, 11) is 3.40. The monoisotopic (exact) mass is 508 g/mol. The number of benzene rings is 3. The molecule has 0 unspecified atom stereocenters. The Labute approximate surface area is 218 Å². The van der Waals surface area contributed by atoms with Crippen LogP contribution >= 0.6 is 0 Å². The van der Waals surface area contributed by atoms with E-state index in [-0.39, 0.29) is 11.7 Å². The quantitative estimate of drug-likeness (QED) is 0.122. The molecule has 2 aromatic heterocycles. The van der Waals surface area contributed by atoms with Crippen molar-refractivity contribution < 1.29 is 19.5 Å². The highest BCUT2D eigenvalue weighted by Gasteiger charge is 2.17. The van der Waals surface area contributed by atoms with Gasteiger partial charge in [-0.1, -0.05) is 23.4 Å². The largest absolute Gasteiger partial charge is 0.457 e. The molecule has 0 fully saturated rings. The number of hydrogen-bond donors (Lipinski definition) is 3. The van der Waals surface area contributed by atoms with Crippen molar-refractivity contribution in [3.63, 3.8) is 0 Å². The van der Waals surface area contributed by atoms with Gasteiger partial charge in [0.25, 0.3) is 5.91 Å². The summed E-state index contributed by atoms with van der Waals surface area (Å²) in [5.74, 6) is 2.12. The van der Waals surface area contributed by atoms with Crippen molar-refractivity contribution in [2.24, 2.45) is 10.9 Å². The summed E-state index contributed by atoms with van der Waals surface area (Å²) in [4.78, 5) is 26.1. The summed E-state index contributed by atoms with van der Waals surface area (Å²) in [5.41, 5.74) is 8.68. The number of amidine groups is 1. The van der Waals surface area contributed by atoms with E-state index < -0.39 is 0 Å². The van der Waals surface area contributed by atoms with Crippen molar-refractivity contribution >= 4 is 22.8 Å². The first-order valence-corrected chi connectivity index (χ1v) is 11.6. The lowest BCUT2D eigenvalue weighted by atomic mass is 10.2. The molecule has 38 heavy (non-hydrogen) atoms. The zero-order valence-electron chi connectivity index (χ0n) is 20.6. The molecule has 10 heteroatoms. The fraction of sp³-hybridized carbons (Fsp3) is 0.0714. The van der Waals surface area contributed by atoms with Crippen molar-refractivity contribution in [1.29, 1.82) is 0 Å². The van der Waals surface area contributed by atoms with Crippen molar-refractivity contribution in [2.45, 2.75) is 0 Å². The minimum Gasteiger partial charge on any atom is -0.457 e. The molecule has 1 amide bonds. The maximum absolute atomic E-state index is 12.2. The molecule has 0 atom stereocenters. The molecule has 0 bridgehead atoms. The Morgan fingerprint density at radius 3 is 2.42 bits per heavy atom. The molecule has 0 aliphatic heterocycles. The molecule has 5 aromatic rings. The Morgan fingerprint density at radius 2 is 1.71 bits per heavy atom. The van der Waals surface area contributed by atoms with Gasteiger partial charge in [-0.05, 0) is 48.5 Å². The summed E-state index contributed by atoms with van der Waals surface area (Å²) in [5, 5.41) is 12.3. The second-order valence-corrected chi connectivity index (χ2v) is 8.53. The van der Waals surface area contributed by atoms with Crippen LogP contribution in [-0.2, 0) is 0 Å². The normalized spacial score (nSPS) is 11.4. The predicted octanol–water partition coefficient (Wildman–Crippen LogP) is 5.01. The van der Waals surface area contributed by atoms with Gasteiger partial charge in [-0.25, -0.2) is 4.98 Å². The lowest BCUT2D eigenvalue weighted by Gasteiger charge is -2.13. The number of nitrogens with two attached hydrogens (primary N) is 1. The summed E-state index contributed by atoms with van der Waals surface area (Å²) >= 11 is 0. The number of hydrogen-bond acceptors (Lipinski definition) is 7. The SMILES string of the molecule is CN(C)C(=O)c1ccc(Oc2cc(Oc3ccccc3C(N)=NO)c3nc(-c4ccccn4)[nH]c3c2)cc1. The first-order valence-electron chi connectivity index (χ1n) is 11.6. The number of aromatic amines is 1. The van der Waals surface area contributed by atoms with Crippen molar-refractivity contribution in [3.05, 3.63) is 96.2 Å². The number of nitrogens with zero attached hydrogens (tertiary/aromatic N) is 4. The van der Waals surface area contributed by atoms with Gasteiger partial charge in [-0.15, -0.1) is 0 Å². The van der Waals surface area contributed by atoms with Gasteiger partial charge >= 0.3 is 0 Å². The molecule has 0 saturated carbocycles. The third-order valence-electron chi connectivity index (χ3n) is 5.67. The lowest BCUT2D eigenvalue weighted by Crippen LogP contribution is -2.21. The standard InChI is InChI=1S/C28H24N6O4/c1-34(2)28(35)17-10-12-18(13-11-17)37-19-15-22-25(32-27(31-22)21-8-5-6-14-30-21)24(16-19)38-23-9-4-3-7-20(23)26(29)33-36/h3-16,36H,1-2H3,(H2,29,33)(H,31,32). The summed E-state index contributed by atoms with van der Waals surface area (Å²) in [6, 6.07) is 22.8. The fourth-order valence-electron chi connectivity index (χ4n) is 3.82. The maximum Gasteiger partial charge on any atom is 0.253 e. The van der Waals surface area contributed by atoms with Crippen LogP contribution in [0.4, 0.5) is 0 Å². The molecule has 190 valence electrons. The summed E-state index contributed by atoms with van der Waals surface area (Å²) in [6.07, 6.45) is 1.69. The number of fused-ring (bicyclic) bond motifs is 1. The Morgan fingerprint density at radius 1 is 0.947 bits per heavy atom. The molecule has 2 heterocycles. The van der Waals surface area contributed by atoms with E-state index in [2.05, 4.69) is 15.1 Å². The Bertz CT molecular complexity index is 1630. The van der Waals surface area contributed by atoms with E-state index in [1.807, 2.05) is 18.2 Å². The number of amides is 1. The molecule has 4 N–H and O–H groups in total. The predicted molar refractivity (Wildman–Crippen MR) is 143 cm³/mol. The maximum atomic E-state index is 12.2. The molecular weight excluding hydrogens is 484 g/mol. The average Bonchev–Trinajstić information content (AvgIpc) is 3.38. The van der Waals surface area contributed by atoms with Gasteiger partial charge in [0.05, 0.1) is 11.1 Å². The van der Waals surface area contributed by atoms with Gasteiger partial charge in [0.2, 0.25) is 0 Å². The van der Waals surface area contributed by atoms with Crippen LogP contribution in [-0.4, -0.2) is 50.9 Å². The zero-order valence-corrected chi connectivity index (χ0v) is 20.6. The number of rotatable bonds is 7. The number of aromatic nitrogens is 3. The highest BCUT2D eigenvalue weighted by atomic mass is 16.5. The lowest BCUT2D eigenvalue weighted by molar-refractivity contribution is 0.0827. The number of pyridine rings is 1. The Kier molecular flexibility index (Phi) is 6.60. The number of H-pyrrole nitrogens is 1. The van der Waals surface area contributed by atoms with Crippen molar-refractivity contribution in [1.82, 2.24) is 19.9 Å². The van der Waals surface area contributed by atoms with E-state index in [0.29, 0.717) is 56.7 Å². The summed E-state index contributed by atoms with van der Waals surface area (Å²) < 4.78 is 12.4. The second-order valence-electron chi connectivity index (χ2n) is 8.53. The van der Waals surface area contributed by atoms with Crippen LogP contribution in [0.15, 0.2) is 90.2 Å².